The zero-order chi connectivity index (χ0) is 19.7. The highest BCUT2D eigenvalue weighted by Gasteiger charge is 2.40. The van der Waals surface area contributed by atoms with Crippen molar-refractivity contribution in [3.63, 3.8) is 0 Å². The maximum Gasteiger partial charge on any atom is 0.214 e. The zero-order valence-corrected chi connectivity index (χ0v) is 17.3. The quantitative estimate of drug-likeness (QED) is 0.797. The van der Waals surface area contributed by atoms with Crippen LogP contribution in [0.4, 0.5) is 4.39 Å². The SMILES string of the molecule is CC(C)(C)n1nnnc1[C@H](c1ccccc1F)[NH+]1CC[NH+](C2CCCC2)CC1. The highest BCUT2D eigenvalue weighted by Crippen LogP contribution is 2.24. The first kappa shape index (κ1) is 19.5. The Kier molecular flexibility index (Phi) is 5.47. The van der Waals surface area contributed by atoms with E-state index in [4.69, 9.17) is 0 Å². The molecule has 0 unspecified atom stereocenters. The standard InChI is InChI=1S/C21H31FN6/c1-21(2,3)28-20(23-24-25-28)19(17-10-6-7-11-18(17)22)27-14-12-26(13-15-27)16-8-4-5-9-16/h6-7,10-11,16,19H,4-5,8-9,12-15H2,1-3H3/p+2/t19-/m0/s1. The van der Waals surface area contributed by atoms with Gasteiger partial charge in [-0.3, -0.25) is 0 Å². The van der Waals surface area contributed by atoms with Crippen molar-refractivity contribution in [2.24, 2.45) is 0 Å². The van der Waals surface area contributed by atoms with Crippen molar-refractivity contribution in [1.82, 2.24) is 20.2 Å². The number of benzene rings is 1. The van der Waals surface area contributed by atoms with Crippen LogP contribution in [0.15, 0.2) is 24.3 Å². The number of quaternary nitrogens is 2. The van der Waals surface area contributed by atoms with Crippen LogP contribution in [0.25, 0.3) is 0 Å². The van der Waals surface area contributed by atoms with E-state index in [0.717, 1.165) is 38.0 Å². The lowest BCUT2D eigenvalue weighted by Gasteiger charge is -2.37. The van der Waals surface area contributed by atoms with Crippen molar-refractivity contribution < 1.29 is 14.2 Å². The van der Waals surface area contributed by atoms with Crippen molar-refractivity contribution >= 4 is 0 Å². The number of hydrogen-bond donors (Lipinski definition) is 2. The minimum atomic E-state index is -0.251. The fraction of sp³-hybridized carbons (Fsp3) is 0.667. The Morgan fingerprint density at radius 3 is 2.39 bits per heavy atom. The molecule has 0 spiro atoms. The Balaban J connectivity index is 1.64. The van der Waals surface area contributed by atoms with Gasteiger partial charge in [0.2, 0.25) is 5.82 Å². The summed E-state index contributed by atoms with van der Waals surface area (Å²) in [6, 6.07) is 7.75. The fourth-order valence-electron chi connectivity index (χ4n) is 5.03. The van der Waals surface area contributed by atoms with E-state index in [-0.39, 0.29) is 17.4 Å². The van der Waals surface area contributed by atoms with E-state index in [9.17, 15) is 4.39 Å². The van der Waals surface area contributed by atoms with Gasteiger partial charge in [-0.25, -0.2) is 9.07 Å². The highest BCUT2D eigenvalue weighted by molar-refractivity contribution is 5.24. The predicted octanol–water partition coefficient (Wildman–Crippen LogP) is 0.383. The molecule has 7 heteroatoms. The van der Waals surface area contributed by atoms with Crippen LogP contribution in [0.3, 0.4) is 0 Å². The molecule has 2 N–H and O–H groups in total. The Bertz CT molecular complexity index is 784. The largest absolute Gasteiger partial charge is 0.323 e. The summed E-state index contributed by atoms with van der Waals surface area (Å²) in [5, 5.41) is 12.6. The number of nitrogens with zero attached hydrogens (tertiary/aromatic N) is 4. The number of piperazine rings is 1. The number of tetrazole rings is 1. The second-order valence-electron chi connectivity index (χ2n) is 9.37. The number of aromatic nitrogens is 4. The second kappa shape index (κ2) is 7.87. The summed E-state index contributed by atoms with van der Waals surface area (Å²) in [6.45, 7) is 10.6. The molecule has 1 aromatic heterocycles. The molecule has 0 amide bonds. The van der Waals surface area contributed by atoms with Gasteiger partial charge in [0.25, 0.3) is 0 Å². The van der Waals surface area contributed by atoms with Gasteiger partial charge in [0, 0.05) is 0 Å². The predicted molar refractivity (Wildman–Crippen MR) is 105 cm³/mol. The molecule has 1 aliphatic heterocycles. The maximum absolute atomic E-state index is 14.8. The van der Waals surface area contributed by atoms with Crippen molar-refractivity contribution in [3.8, 4) is 0 Å². The molecule has 0 bridgehead atoms. The van der Waals surface area contributed by atoms with Crippen molar-refractivity contribution in [1.29, 1.82) is 0 Å². The van der Waals surface area contributed by atoms with Gasteiger partial charge in [-0.1, -0.05) is 12.1 Å². The Morgan fingerprint density at radius 2 is 1.75 bits per heavy atom. The summed E-state index contributed by atoms with van der Waals surface area (Å²) in [5.41, 5.74) is 0.445. The van der Waals surface area contributed by atoms with Gasteiger partial charge < -0.3 is 9.80 Å². The van der Waals surface area contributed by atoms with Crippen LogP contribution in [0.1, 0.15) is 63.9 Å². The molecule has 1 saturated heterocycles. The summed E-state index contributed by atoms with van der Waals surface area (Å²) >= 11 is 0. The monoisotopic (exact) mass is 388 g/mol. The topological polar surface area (TPSA) is 52.5 Å². The molecule has 0 radical (unpaired) electrons. The first-order valence-electron chi connectivity index (χ1n) is 10.7. The second-order valence-corrected chi connectivity index (χ2v) is 9.37. The van der Waals surface area contributed by atoms with E-state index >= 15 is 0 Å². The van der Waals surface area contributed by atoms with E-state index < -0.39 is 0 Å². The summed E-state index contributed by atoms with van der Waals surface area (Å²) in [7, 11) is 0. The summed E-state index contributed by atoms with van der Waals surface area (Å²) in [5.74, 6) is 0.589. The number of halogens is 1. The van der Waals surface area contributed by atoms with Crippen molar-refractivity contribution in [3.05, 3.63) is 41.5 Å². The zero-order valence-electron chi connectivity index (χ0n) is 17.3. The molecule has 2 aliphatic rings. The molecule has 1 aliphatic carbocycles. The molecular formula is C21H33FN6+2. The van der Waals surface area contributed by atoms with E-state index in [1.165, 1.54) is 30.6 Å². The minimum Gasteiger partial charge on any atom is -0.323 e. The van der Waals surface area contributed by atoms with Gasteiger partial charge in [0.05, 0.1) is 17.1 Å². The fourth-order valence-corrected chi connectivity index (χ4v) is 5.03. The summed E-state index contributed by atoms with van der Waals surface area (Å²) in [6.07, 6.45) is 5.49. The van der Waals surface area contributed by atoms with Crippen LogP contribution in [-0.2, 0) is 5.54 Å². The molecule has 1 atom stereocenters. The Morgan fingerprint density at radius 1 is 1.07 bits per heavy atom. The third kappa shape index (κ3) is 3.82. The molecule has 4 rings (SSSR count). The highest BCUT2D eigenvalue weighted by atomic mass is 19.1. The van der Waals surface area contributed by atoms with E-state index in [1.54, 1.807) is 17.0 Å². The van der Waals surface area contributed by atoms with Gasteiger partial charge in [0.15, 0.2) is 6.04 Å². The number of rotatable bonds is 4. The van der Waals surface area contributed by atoms with Crippen LogP contribution in [0.5, 0.6) is 0 Å². The van der Waals surface area contributed by atoms with Gasteiger partial charge in [-0.05, 0) is 69.0 Å². The first-order chi connectivity index (χ1) is 13.4. The lowest BCUT2D eigenvalue weighted by molar-refractivity contribution is -1.03. The van der Waals surface area contributed by atoms with Crippen LogP contribution >= 0.6 is 0 Å². The van der Waals surface area contributed by atoms with Crippen molar-refractivity contribution in [2.75, 3.05) is 26.2 Å². The molecule has 1 aromatic carbocycles. The third-order valence-corrected chi connectivity index (χ3v) is 6.48. The van der Waals surface area contributed by atoms with Crippen LogP contribution in [0.2, 0.25) is 0 Å². The average Bonchev–Trinajstić information content (AvgIpc) is 3.36. The first-order valence-corrected chi connectivity index (χ1v) is 10.7. The Labute approximate surface area is 166 Å². The maximum atomic E-state index is 14.8. The van der Waals surface area contributed by atoms with Crippen LogP contribution < -0.4 is 9.80 Å². The molecule has 2 heterocycles. The van der Waals surface area contributed by atoms with Crippen molar-refractivity contribution in [2.45, 2.75) is 64.1 Å². The minimum absolute atomic E-state index is 0.172. The van der Waals surface area contributed by atoms with Gasteiger partial charge >= 0.3 is 0 Å². The van der Waals surface area contributed by atoms with Gasteiger partial charge in [-0.15, -0.1) is 5.10 Å². The lowest BCUT2D eigenvalue weighted by Crippen LogP contribution is -3.29. The third-order valence-electron chi connectivity index (χ3n) is 6.48. The smallest absolute Gasteiger partial charge is 0.214 e. The normalized spacial score (nSPS) is 25.1. The molecular weight excluding hydrogens is 355 g/mol. The van der Waals surface area contributed by atoms with E-state index in [1.807, 2.05) is 16.8 Å². The molecule has 2 fully saturated rings. The molecule has 28 heavy (non-hydrogen) atoms. The molecule has 6 nitrogen and oxygen atoms in total. The van der Waals surface area contributed by atoms with Gasteiger partial charge in [-0.2, -0.15) is 0 Å². The molecule has 1 saturated carbocycles. The summed E-state index contributed by atoms with van der Waals surface area (Å²) in [4.78, 5) is 3.11. The van der Waals surface area contributed by atoms with Crippen LogP contribution in [0, 0.1) is 5.82 Å². The van der Waals surface area contributed by atoms with Crippen LogP contribution in [-0.4, -0.2) is 52.4 Å². The van der Waals surface area contributed by atoms with E-state index in [2.05, 4.69) is 36.3 Å². The summed E-state index contributed by atoms with van der Waals surface area (Å²) < 4.78 is 16.7. The average molecular weight is 389 g/mol. The molecule has 152 valence electrons. The lowest BCUT2D eigenvalue weighted by atomic mass is 10.0. The molecule has 2 aromatic rings. The van der Waals surface area contributed by atoms with E-state index in [0.29, 0.717) is 5.56 Å². The van der Waals surface area contributed by atoms with Gasteiger partial charge in [0.1, 0.15) is 32.0 Å². The Hall–Kier alpha value is -1.86. The number of hydrogen-bond acceptors (Lipinski definition) is 3. The number of nitrogens with one attached hydrogen (secondary N) is 2.